The summed E-state index contributed by atoms with van der Waals surface area (Å²) in [6, 6.07) is 7.83. The molecule has 0 fully saturated rings. The molecule has 0 radical (unpaired) electrons. The zero-order valence-electron chi connectivity index (χ0n) is 10.5. The Kier molecular flexibility index (Phi) is 4.88. The van der Waals surface area contributed by atoms with Gasteiger partial charge in [-0.15, -0.1) is 0 Å². The largest absolute Gasteiger partial charge is 0.392 e. The van der Waals surface area contributed by atoms with E-state index in [2.05, 4.69) is 20.7 Å². The van der Waals surface area contributed by atoms with Gasteiger partial charge in [-0.25, -0.2) is 12.8 Å². The zero-order valence-corrected chi connectivity index (χ0v) is 13.6. The summed E-state index contributed by atoms with van der Waals surface area (Å²) in [5.74, 6) is -0.581. The van der Waals surface area contributed by atoms with Crippen LogP contribution >= 0.6 is 27.5 Å². The molecule has 112 valence electrons. The average Bonchev–Trinajstić information content (AvgIpc) is 2.43. The number of nitrogens with one attached hydrogen (secondary N) is 1. The molecule has 0 heterocycles. The van der Waals surface area contributed by atoms with E-state index in [1.807, 2.05) is 0 Å². The molecular formula is C13H10BrClFNO3S. The molecule has 0 aromatic heterocycles. The van der Waals surface area contributed by atoms with Gasteiger partial charge in [0.25, 0.3) is 10.0 Å². The Morgan fingerprint density at radius 3 is 2.57 bits per heavy atom. The van der Waals surface area contributed by atoms with Crippen molar-refractivity contribution in [3.05, 3.63) is 57.3 Å². The van der Waals surface area contributed by atoms with E-state index in [0.717, 1.165) is 6.07 Å². The maximum Gasteiger partial charge on any atom is 0.261 e. The minimum absolute atomic E-state index is 0.0701. The van der Waals surface area contributed by atoms with Crippen LogP contribution in [0.25, 0.3) is 0 Å². The lowest BCUT2D eigenvalue weighted by Crippen LogP contribution is -2.13. The molecule has 0 spiro atoms. The molecule has 2 aromatic rings. The molecule has 2 N–H and O–H groups in total. The van der Waals surface area contributed by atoms with Crippen LogP contribution in [0.5, 0.6) is 0 Å². The van der Waals surface area contributed by atoms with Crippen LogP contribution in [-0.4, -0.2) is 13.5 Å². The van der Waals surface area contributed by atoms with Gasteiger partial charge in [-0.1, -0.05) is 11.6 Å². The summed E-state index contributed by atoms with van der Waals surface area (Å²) in [6.45, 7) is -0.380. The fourth-order valence-electron chi connectivity index (χ4n) is 1.61. The number of aliphatic hydroxyl groups excluding tert-OH is 1. The Morgan fingerprint density at radius 2 is 1.95 bits per heavy atom. The summed E-state index contributed by atoms with van der Waals surface area (Å²) in [4.78, 5) is -0.0701. The van der Waals surface area contributed by atoms with Crippen molar-refractivity contribution < 1.29 is 17.9 Å². The summed E-state index contributed by atoms with van der Waals surface area (Å²) in [7, 11) is -3.89. The quantitative estimate of drug-likeness (QED) is 0.833. The first kappa shape index (κ1) is 16.2. The van der Waals surface area contributed by atoms with Crippen LogP contribution in [0, 0.1) is 5.82 Å². The minimum Gasteiger partial charge on any atom is -0.392 e. The number of halogens is 3. The normalized spacial score (nSPS) is 11.4. The summed E-state index contributed by atoms with van der Waals surface area (Å²) >= 11 is 8.80. The van der Waals surface area contributed by atoms with Crippen molar-refractivity contribution in [1.82, 2.24) is 0 Å². The average molecular weight is 395 g/mol. The van der Waals surface area contributed by atoms with Crippen LogP contribution in [0.4, 0.5) is 10.1 Å². The Morgan fingerprint density at radius 1 is 1.24 bits per heavy atom. The van der Waals surface area contributed by atoms with E-state index in [1.54, 1.807) is 0 Å². The highest BCUT2D eigenvalue weighted by Gasteiger charge is 2.16. The topological polar surface area (TPSA) is 66.4 Å². The fraction of sp³-hybridized carbons (Fsp3) is 0.0769. The fourth-order valence-corrected chi connectivity index (χ4v) is 3.14. The number of hydrogen-bond donors (Lipinski definition) is 2. The molecule has 2 aromatic carbocycles. The van der Waals surface area contributed by atoms with Crippen molar-refractivity contribution in [2.24, 2.45) is 0 Å². The van der Waals surface area contributed by atoms with Crippen molar-refractivity contribution in [3.8, 4) is 0 Å². The molecule has 0 aliphatic rings. The number of benzene rings is 2. The van der Waals surface area contributed by atoms with Gasteiger partial charge in [0.15, 0.2) is 0 Å². The summed E-state index contributed by atoms with van der Waals surface area (Å²) in [6.07, 6.45) is 0. The first-order valence-corrected chi connectivity index (χ1v) is 8.36. The second-order valence-corrected chi connectivity index (χ2v) is 7.09. The first-order valence-electron chi connectivity index (χ1n) is 5.70. The van der Waals surface area contributed by atoms with Gasteiger partial charge in [-0.05, 0) is 57.9 Å². The zero-order chi connectivity index (χ0) is 15.6. The second kappa shape index (κ2) is 6.31. The van der Waals surface area contributed by atoms with Crippen molar-refractivity contribution >= 4 is 43.2 Å². The van der Waals surface area contributed by atoms with Crippen molar-refractivity contribution in [3.63, 3.8) is 0 Å². The third kappa shape index (κ3) is 3.74. The highest BCUT2D eigenvalue weighted by Crippen LogP contribution is 2.24. The third-order valence-electron chi connectivity index (χ3n) is 2.67. The van der Waals surface area contributed by atoms with E-state index in [1.165, 1.54) is 30.3 Å². The molecule has 0 bridgehead atoms. The summed E-state index contributed by atoms with van der Waals surface area (Å²) in [5, 5.41) is 9.38. The van der Waals surface area contributed by atoms with Crippen LogP contribution in [-0.2, 0) is 16.6 Å². The predicted molar refractivity (Wildman–Crippen MR) is 82.3 cm³/mol. The molecule has 21 heavy (non-hydrogen) atoms. The third-order valence-corrected chi connectivity index (χ3v) is 5.06. The molecular weight excluding hydrogens is 385 g/mol. The number of hydrogen-bond acceptors (Lipinski definition) is 3. The lowest BCUT2D eigenvalue weighted by Gasteiger charge is -2.10. The van der Waals surface area contributed by atoms with Gasteiger partial charge in [0.1, 0.15) is 5.82 Å². The Balaban J connectivity index is 2.35. The van der Waals surface area contributed by atoms with Crippen LogP contribution in [0.2, 0.25) is 5.02 Å². The molecule has 0 aliphatic carbocycles. The number of aliphatic hydroxyl groups is 1. The maximum atomic E-state index is 13.4. The number of rotatable bonds is 4. The van der Waals surface area contributed by atoms with Gasteiger partial charge in [0.2, 0.25) is 0 Å². The molecule has 0 saturated carbocycles. The summed E-state index contributed by atoms with van der Waals surface area (Å²) < 4.78 is 40.3. The first-order chi connectivity index (χ1) is 9.83. The van der Waals surface area contributed by atoms with E-state index < -0.39 is 15.8 Å². The Labute approximate surface area is 134 Å². The van der Waals surface area contributed by atoms with E-state index in [0.29, 0.717) is 5.56 Å². The van der Waals surface area contributed by atoms with Crippen LogP contribution in [0.3, 0.4) is 0 Å². The lowest BCUT2D eigenvalue weighted by molar-refractivity contribution is 0.281. The van der Waals surface area contributed by atoms with Crippen LogP contribution in [0.1, 0.15) is 5.56 Å². The second-order valence-electron chi connectivity index (χ2n) is 4.15. The molecule has 0 unspecified atom stereocenters. The smallest absolute Gasteiger partial charge is 0.261 e. The van der Waals surface area contributed by atoms with Gasteiger partial charge in [0.05, 0.1) is 21.7 Å². The van der Waals surface area contributed by atoms with E-state index >= 15 is 0 Å². The van der Waals surface area contributed by atoms with Gasteiger partial charge in [0, 0.05) is 5.02 Å². The lowest BCUT2D eigenvalue weighted by atomic mass is 10.2. The van der Waals surface area contributed by atoms with E-state index in [4.69, 9.17) is 16.7 Å². The van der Waals surface area contributed by atoms with E-state index in [9.17, 15) is 12.8 Å². The SMILES string of the molecule is O=S(=O)(Nc1ccc(Br)c(F)c1)c1ccc(Cl)c(CO)c1. The maximum absolute atomic E-state index is 13.4. The molecule has 0 atom stereocenters. The van der Waals surface area contributed by atoms with Crippen LogP contribution in [0.15, 0.2) is 45.8 Å². The number of anilines is 1. The highest BCUT2D eigenvalue weighted by molar-refractivity contribution is 9.10. The Hall–Kier alpha value is -1.15. The number of sulfonamides is 1. The van der Waals surface area contributed by atoms with Crippen LogP contribution < -0.4 is 4.72 Å². The minimum atomic E-state index is -3.89. The molecule has 0 saturated heterocycles. The predicted octanol–water partition coefficient (Wildman–Crippen LogP) is 3.53. The summed E-state index contributed by atoms with van der Waals surface area (Å²) in [5.41, 5.74) is 0.387. The molecule has 2 rings (SSSR count). The molecule has 0 amide bonds. The molecule has 0 aliphatic heterocycles. The van der Waals surface area contributed by atoms with Crippen molar-refractivity contribution in [2.45, 2.75) is 11.5 Å². The van der Waals surface area contributed by atoms with Crippen molar-refractivity contribution in [1.29, 1.82) is 0 Å². The Bertz CT molecular complexity index is 783. The monoisotopic (exact) mass is 393 g/mol. The standard InChI is InChI=1S/C13H10BrClFNO3S/c14-11-3-1-9(6-13(11)16)17-21(19,20)10-2-4-12(15)8(5-10)7-18/h1-6,17-18H,7H2. The van der Waals surface area contributed by atoms with Gasteiger partial charge in [-0.2, -0.15) is 0 Å². The molecule has 4 nitrogen and oxygen atoms in total. The van der Waals surface area contributed by atoms with Crippen molar-refractivity contribution in [2.75, 3.05) is 4.72 Å². The molecule has 8 heteroatoms. The van der Waals surface area contributed by atoms with Gasteiger partial charge < -0.3 is 5.11 Å². The van der Waals surface area contributed by atoms with Gasteiger partial charge >= 0.3 is 0 Å². The highest BCUT2D eigenvalue weighted by atomic mass is 79.9. The van der Waals surface area contributed by atoms with Gasteiger partial charge in [-0.3, -0.25) is 4.72 Å². The van der Waals surface area contributed by atoms with E-state index in [-0.39, 0.29) is 26.7 Å².